The average molecular weight is 1050 g/mol. The third-order valence-electron chi connectivity index (χ3n) is 14.0. The highest BCUT2D eigenvalue weighted by molar-refractivity contribution is 5.69. The van der Waals surface area contributed by atoms with Crippen molar-refractivity contribution >= 4 is 17.9 Å². The Kier molecular flexibility index (Phi) is 48.0. The lowest BCUT2D eigenvalue weighted by atomic mass is 10.1. The van der Waals surface area contributed by atoms with Crippen molar-refractivity contribution in [3.8, 4) is 0 Å². The molecule has 0 aromatic carbocycles. The molecule has 0 saturated heterocycles. The summed E-state index contributed by atoms with van der Waals surface area (Å²) >= 11 is 0. The van der Waals surface area contributed by atoms with E-state index in [0.717, 1.165) is 90.8 Å². The Hall–Kier alpha value is -3.96. The van der Waals surface area contributed by atoms with E-state index in [4.69, 9.17) is 14.2 Å². The van der Waals surface area contributed by atoms with Crippen LogP contribution in [-0.2, 0) is 48.2 Å². The number of unbranched alkanes of at least 4 members (excludes halogenated alkanes) is 33. The van der Waals surface area contributed by atoms with Crippen molar-refractivity contribution in [2.45, 2.75) is 310 Å². The summed E-state index contributed by atoms with van der Waals surface area (Å²) in [6.45, 7) is 5.26. The van der Waals surface area contributed by atoms with E-state index < -0.39 is 35.0 Å². The van der Waals surface area contributed by atoms with Gasteiger partial charge in [-0.05, 0) is 96.3 Å². The van der Waals surface area contributed by atoms with Crippen LogP contribution >= 0.6 is 0 Å². The summed E-state index contributed by atoms with van der Waals surface area (Å²) in [5.74, 6) is -1.22. The largest absolute Gasteiger partial charge is 0.464 e. The first kappa shape index (κ1) is 69.1. The van der Waals surface area contributed by atoms with Crippen molar-refractivity contribution < 1.29 is 28.6 Å². The average Bonchev–Trinajstić information content (AvgIpc) is 3.40. The summed E-state index contributed by atoms with van der Waals surface area (Å²) < 4.78 is 18.9. The Morgan fingerprint density at radius 2 is 0.480 bits per heavy atom. The molecule has 1 aromatic heterocycles. The zero-order valence-electron chi connectivity index (χ0n) is 48.4. The second-order valence-electron chi connectivity index (χ2n) is 21.0. The van der Waals surface area contributed by atoms with E-state index in [-0.39, 0.29) is 58.7 Å². The highest BCUT2D eigenvalue weighted by atomic mass is 16.5. The maximum Gasteiger partial charge on any atom is 0.336 e. The van der Waals surface area contributed by atoms with Crippen molar-refractivity contribution in [1.82, 2.24) is 13.7 Å². The van der Waals surface area contributed by atoms with E-state index in [1.165, 1.54) is 154 Å². The molecule has 1 rings (SSSR count). The normalized spacial score (nSPS) is 11.7. The van der Waals surface area contributed by atoms with Crippen LogP contribution in [0.2, 0.25) is 0 Å². The van der Waals surface area contributed by atoms with Crippen LogP contribution in [0, 0.1) is 0 Å². The van der Waals surface area contributed by atoms with Gasteiger partial charge in [-0.2, -0.15) is 0 Å². The standard InChI is InChI=1S/C63H111N3O9/c1-4-7-10-13-16-19-22-25-28-31-34-37-40-43-46-49-58(67)73-55-52-64-61(70)65(53-56-74-59(68)50-47-44-41-38-35-32-29-26-23-20-17-14-11-8-5-2)63(72)66(62(64)71)54-57-75-60(69)51-48-45-42-39-36-33-30-27-24-21-18-15-12-9-6-3/h19-24H,4-18,25-57H2,1-3H3/b22-19+,23-20+,24-21+. The predicted octanol–water partition coefficient (Wildman–Crippen LogP) is 15.9. The highest BCUT2D eigenvalue weighted by Crippen LogP contribution is 2.14. The van der Waals surface area contributed by atoms with Crippen LogP contribution in [0.4, 0.5) is 0 Å². The molecule has 1 aromatic rings. The molecule has 0 atom stereocenters. The molecule has 0 fully saturated rings. The summed E-state index contributed by atoms with van der Waals surface area (Å²) in [5, 5.41) is 0. The van der Waals surface area contributed by atoms with Crippen molar-refractivity contribution in [2.75, 3.05) is 19.8 Å². The van der Waals surface area contributed by atoms with Crippen molar-refractivity contribution in [1.29, 1.82) is 0 Å². The van der Waals surface area contributed by atoms with Gasteiger partial charge in [0.05, 0.1) is 19.6 Å². The summed E-state index contributed by atoms with van der Waals surface area (Å²) in [4.78, 5) is 78.7. The fourth-order valence-electron chi connectivity index (χ4n) is 9.25. The molecule has 12 heteroatoms. The molecule has 1 heterocycles. The summed E-state index contributed by atoms with van der Waals surface area (Å²) in [7, 11) is 0. The van der Waals surface area contributed by atoms with Crippen LogP contribution in [0.3, 0.4) is 0 Å². The number of rotatable bonds is 54. The number of aromatic nitrogens is 3. The Morgan fingerprint density at radius 1 is 0.293 bits per heavy atom. The molecular formula is C63H111N3O9. The number of carbonyl (C=O) groups excluding carboxylic acids is 3. The minimum atomic E-state index is -0.882. The van der Waals surface area contributed by atoms with Gasteiger partial charge >= 0.3 is 35.0 Å². The Balaban J connectivity index is 2.60. The molecule has 75 heavy (non-hydrogen) atoms. The molecule has 0 N–H and O–H groups in total. The minimum absolute atomic E-state index is 0.226. The SMILES string of the molecule is CCCCCC/C=C/CCCCCCCCCC(=O)OCCn1c(=O)n(CCOC(=O)CCCCCCCCC/C=C/CCCCCC)c(=O)n(CCOC(=O)CCCCCCCCC/C=C/CCCCCC)c1=O. The molecule has 0 amide bonds. The van der Waals surface area contributed by atoms with E-state index in [2.05, 4.69) is 57.2 Å². The Morgan fingerprint density at radius 3 is 0.693 bits per heavy atom. The quantitative estimate of drug-likeness (QED) is 0.0269. The zero-order valence-corrected chi connectivity index (χ0v) is 48.4. The van der Waals surface area contributed by atoms with Gasteiger partial charge in [0.2, 0.25) is 0 Å². The van der Waals surface area contributed by atoms with Crippen LogP contribution in [0.5, 0.6) is 0 Å². The van der Waals surface area contributed by atoms with E-state index >= 15 is 0 Å². The van der Waals surface area contributed by atoms with E-state index in [1.807, 2.05) is 0 Å². The van der Waals surface area contributed by atoms with Crippen molar-refractivity contribution in [3.63, 3.8) is 0 Å². The topological polar surface area (TPSA) is 145 Å². The fourth-order valence-corrected chi connectivity index (χ4v) is 9.25. The monoisotopic (exact) mass is 1050 g/mol. The van der Waals surface area contributed by atoms with Crippen LogP contribution in [0.1, 0.15) is 290 Å². The van der Waals surface area contributed by atoms with Crippen LogP contribution in [-0.4, -0.2) is 51.4 Å². The van der Waals surface area contributed by atoms with Crippen molar-refractivity contribution in [3.05, 3.63) is 67.9 Å². The second-order valence-corrected chi connectivity index (χ2v) is 21.0. The molecule has 432 valence electrons. The van der Waals surface area contributed by atoms with Gasteiger partial charge in [-0.3, -0.25) is 14.4 Å². The number of nitrogens with zero attached hydrogens (tertiary/aromatic N) is 3. The van der Waals surface area contributed by atoms with Crippen molar-refractivity contribution in [2.24, 2.45) is 0 Å². The molecule has 0 bridgehead atoms. The highest BCUT2D eigenvalue weighted by Gasteiger charge is 2.17. The van der Waals surface area contributed by atoms with Crippen LogP contribution in [0.15, 0.2) is 50.8 Å². The smallest absolute Gasteiger partial charge is 0.336 e. The third-order valence-corrected chi connectivity index (χ3v) is 14.0. The lowest BCUT2D eigenvalue weighted by Gasteiger charge is -2.14. The summed E-state index contributed by atoms with van der Waals surface area (Å²) in [5.41, 5.74) is -2.65. The van der Waals surface area contributed by atoms with Gasteiger partial charge in [0.25, 0.3) is 0 Å². The van der Waals surface area contributed by atoms with Gasteiger partial charge in [0.15, 0.2) is 0 Å². The third kappa shape index (κ3) is 40.9. The van der Waals surface area contributed by atoms with Crippen LogP contribution in [0.25, 0.3) is 0 Å². The van der Waals surface area contributed by atoms with E-state index in [9.17, 15) is 28.8 Å². The molecule has 0 aliphatic rings. The lowest BCUT2D eigenvalue weighted by Crippen LogP contribution is -2.55. The number of ether oxygens (including phenoxy) is 3. The van der Waals surface area contributed by atoms with E-state index in [1.54, 1.807) is 0 Å². The number of hydrogen-bond donors (Lipinski definition) is 0. The molecule has 0 radical (unpaired) electrons. The summed E-state index contributed by atoms with van der Waals surface area (Å²) in [6, 6.07) is 0. The maximum absolute atomic E-state index is 13.6. The molecule has 0 saturated carbocycles. The summed E-state index contributed by atoms with van der Waals surface area (Å²) in [6.07, 6.45) is 59.5. The lowest BCUT2D eigenvalue weighted by molar-refractivity contribution is -0.144. The molecular weight excluding hydrogens is 943 g/mol. The maximum atomic E-state index is 13.6. The number of allylic oxidation sites excluding steroid dienone is 6. The molecule has 0 aliphatic carbocycles. The van der Waals surface area contributed by atoms with Crippen LogP contribution < -0.4 is 17.1 Å². The fraction of sp³-hybridized carbons (Fsp3) is 0.810. The van der Waals surface area contributed by atoms with E-state index in [0.29, 0.717) is 19.3 Å². The predicted molar refractivity (Wildman–Crippen MR) is 310 cm³/mol. The number of esters is 3. The first-order valence-electron chi connectivity index (χ1n) is 31.1. The van der Waals surface area contributed by atoms with Gasteiger partial charge in [-0.25, -0.2) is 28.1 Å². The van der Waals surface area contributed by atoms with Gasteiger partial charge in [-0.15, -0.1) is 0 Å². The molecule has 0 spiro atoms. The molecule has 0 aliphatic heterocycles. The molecule has 0 unspecified atom stereocenters. The van der Waals surface area contributed by atoms with Gasteiger partial charge in [0.1, 0.15) is 19.8 Å². The first-order chi connectivity index (χ1) is 36.8. The number of hydrogen-bond acceptors (Lipinski definition) is 9. The zero-order chi connectivity index (χ0) is 54.5. The van der Waals surface area contributed by atoms with Gasteiger partial charge in [-0.1, -0.05) is 211 Å². The Bertz CT molecular complexity index is 1570. The first-order valence-corrected chi connectivity index (χ1v) is 31.1. The minimum Gasteiger partial charge on any atom is -0.464 e. The van der Waals surface area contributed by atoms with Gasteiger partial charge < -0.3 is 14.2 Å². The van der Waals surface area contributed by atoms with Gasteiger partial charge in [0, 0.05) is 19.3 Å². The Labute approximate surface area is 456 Å². The second kappa shape index (κ2) is 52.1. The molecule has 12 nitrogen and oxygen atoms in total. The number of carbonyl (C=O) groups is 3.